The summed E-state index contributed by atoms with van der Waals surface area (Å²) >= 11 is 5.95. The summed E-state index contributed by atoms with van der Waals surface area (Å²) in [6, 6.07) is 9.20. The average molecular weight is 349 g/mol. The van der Waals surface area contributed by atoms with Gasteiger partial charge in [-0.25, -0.2) is 13.5 Å². The van der Waals surface area contributed by atoms with Gasteiger partial charge in [0.05, 0.1) is 17.4 Å². The summed E-state index contributed by atoms with van der Waals surface area (Å²) in [5.74, 6) is -1.86. The molecular weight excluding hydrogens is 334 g/mol. The summed E-state index contributed by atoms with van der Waals surface area (Å²) < 4.78 is 28.7. The van der Waals surface area contributed by atoms with Gasteiger partial charge < -0.3 is 4.90 Å². The first-order valence-electron chi connectivity index (χ1n) is 7.75. The van der Waals surface area contributed by atoms with E-state index in [9.17, 15) is 8.78 Å². The minimum Gasteiger partial charge on any atom is -0.354 e. The predicted molar refractivity (Wildman–Crippen MR) is 90.3 cm³/mol. The van der Waals surface area contributed by atoms with Crippen LogP contribution in [0.3, 0.4) is 0 Å². The minimum absolute atomic E-state index is 0.145. The molecule has 24 heavy (non-hydrogen) atoms. The Bertz CT molecular complexity index is 866. The van der Waals surface area contributed by atoms with Gasteiger partial charge in [-0.1, -0.05) is 11.6 Å². The molecule has 2 aromatic heterocycles. The standard InChI is InChI=1S/C17H15ClF2N4/c18-12-1-3-13(4-2-12)24-15-11-21-8-5-14(15)16(22-24)23-9-6-17(19,20)7-10-23/h1-5,8,11H,6-7,9-10H2. The molecule has 0 aliphatic carbocycles. The van der Waals surface area contributed by atoms with Crippen LogP contribution < -0.4 is 4.90 Å². The van der Waals surface area contributed by atoms with Crippen molar-refractivity contribution >= 4 is 28.3 Å². The molecule has 0 unspecified atom stereocenters. The Labute approximate surface area is 142 Å². The van der Waals surface area contributed by atoms with Gasteiger partial charge in [0.15, 0.2) is 5.82 Å². The molecule has 7 heteroatoms. The largest absolute Gasteiger partial charge is 0.354 e. The van der Waals surface area contributed by atoms with Crippen LogP contribution in [0.4, 0.5) is 14.6 Å². The Balaban J connectivity index is 1.78. The highest BCUT2D eigenvalue weighted by atomic mass is 35.5. The first-order chi connectivity index (χ1) is 11.5. The summed E-state index contributed by atoms with van der Waals surface area (Å²) in [4.78, 5) is 6.10. The second-order valence-electron chi connectivity index (χ2n) is 5.95. The van der Waals surface area contributed by atoms with Gasteiger partial charge in [0.25, 0.3) is 5.92 Å². The van der Waals surface area contributed by atoms with Crippen molar-refractivity contribution in [1.82, 2.24) is 14.8 Å². The number of benzene rings is 1. The van der Waals surface area contributed by atoms with Crippen LogP contribution in [0.1, 0.15) is 12.8 Å². The highest BCUT2D eigenvalue weighted by molar-refractivity contribution is 6.30. The molecule has 1 saturated heterocycles. The molecular formula is C17H15ClF2N4. The Kier molecular flexibility index (Phi) is 3.64. The van der Waals surface area contributed by atoms with Crippen molar-refractivity contribution in [1.29, 1.82) is 0 Å². The molecule has 4 rings (SSSR count). The van der Waals surface area contributed by atoms with E-state index in [1.807, 2.05) is 23.1 Å². The SMILES string of the molecule is FC1(F)CCN(c2nn(-c3ccc(Cl)cc3)c3cnccc23)CC1. The van der Waals surface area contributed by atoms with Crippen LogP contribution in [0.2, 0.25) is 5.02 Å². The van der Waals surface area contributed by atoms with Crippen molar-refractivity contribution in [3.05, 3.63) is 47.7 Å². The van der Waals surface area contributed by atoms with Crippen molar-refractivity contribution in [2.75, 3.05) is 18.0 Å². The lowest BCUT2D eigenvalue weighted by molar-refractivity contribution is -0.0221. The Morgan fingerprint density at radius 1 is 1.04 bits per heavy atom. The number of halogens is 3. The average Bonchev–Trinajstić information content (AvgIpc) is 2.95. The van der Waals surface area contributed by atoms with Crippen LogP contribution in [0.5, 0.6) is 0 Å². The fraction of sp³-hybridized carbons (Fsp3) is 0.294. The second-order valence-corrected chi connectivity index (χ2v) is 6.38. The number of pyridine rings is 1. The summed E-state index contributed by atoms with van der Waals surface area (Å²) in [6.07, 6.45) is 3.14. The molecule has 124 valence electrons. The highest BCUT2D eigenvalue weighted by Crippen LogP contribution is 2.34. The summed E-state index contributed by atoms with van der Waals surface area (Å²) in [6.45, 7) is 0.587. The number of piperidine rings is 1. The van der Waals surface area contributed by atoms with Gasteiger partial charge >= 0.3 is 0 Å². The Morgan fingerprint density at radius 2 is 1.75 bits per heavy atom. The molecule has 1 aliphatic heterocycles. The highest BCUT2D eigenvalue weighted by Gasteiger charge is 2.35. The molecule has 0 N–H and O–H groups in total. The summed E-state index contributed by atoms with van der Waals surface area (Å²) in [5, 5.41) is 6.23. The zero-order valence-corrected chi connectivity index (χ0v) is 13.5. The van der Waals surface area contributed by atoms with E-state index in [0.717, 1.165) is 22.4 Å². The zero-order chi connectivity index (χ0) is 16.7. The number of fused-ring (bicyclic) bond motifs is 1. The first kappa shape index (κ1) is 15.3. The summed E-state index contributed by atoms with van der Waals surface area (Å²) in [5.41, 5.74) is 1.69. The van der Waals surface area contributed by atoms with Gasteiger partial charge in [0.2, 0.25) is 0 Å². The molecule has 0 amide bonds. The lowest BCUT2D eigenvalue weighted by Crippen LogP contribution is -2.39. The number of hydrogen-bond acceptors (Lipinski definition) is 3. The second kappa shape index (κ2) is 5.70. The van der Waals surface area contributed by atoms with Gasteiger partial charge in [-0.15, -0.1) is 5.10 Å². The zero-order valence-electron chi connectivity index (χ0n) is 12.8. The fourth-order valence-corrected chi connectivity index (χ4v) is 3.13. The van der Waals surface area contributed by atoms with E-state index in [1.54, 1.807) is 29.2 Å². The maximum Gasteiger partial charge on any atom is 0.251 e. The molecule has 0 bridgehead atoms. The molecule has 1 fully saturated rings. The number of nitrogens with zero attached hydrogens (tertiary/aromatic N) is 4. The van der Waals surface area contributed by atoms with Gasteiger partial charge in [-0.2, -0.15) is 0 Å². The molecule has 0 radical (unpaired) electrons. The number of aromatic nitrogens is 3. The van der Waals surface area contributed by atoms with E-state index in [4.69, 9.17) is 11.6 Å². The third kappa shape index (κ3) is 2.71. The third-order valence-electron chi connectivity index (χ3n) is 4.33. The van der Waals surface area contributed by atoms with E-state index in [0.29, 0.717) is 18.1 Å². The van der Waals surface area contributed by atoms with Crippen LogP contribution in [-0.2, 0) is 0 Å². The Morgan fingerprint density at radius 3 is 2.46 bits per heavy atom. The summed E-state index contributed by atoms with van der Waals surface area (Å²) in [7, 11) is 0. The van der Waals surface area contributed by atoms with Crippen molar-refractivity contribution in [3.8, 4) is 5.69 Å². The molecule has 0 spiro atoms. The minimum atomic E-state index is -2.58. The van der Waals surface area contributed by atoms with Crippen LogP contribution in [0, 0.1) is 0 Å². The molecule has 1 aromatic carbocycles. The maximum absolute atomic E-state index is 13.4. The number of rotatable bonds is 2. The number of alkyl halides is 2. The molecule has 4 nitrogen and oxygen atoms in total. The lowest BCUT2D eigenvalue weighted by atomic mass is 10.1. The van der Waals surface area contributed by atoms with E-state index < -0.39 is 5.92 Å². The topological polar surface area (TPSA) is 34.0 Å². The maximum atomic E-state index is 13.4. The quantitative estimate of drug-likeness (QED) is 0.692. The third-order valence-corrected chi connectivity index (χ3v) is 4.58. The van der Waals surface area contributed by atoms with Crippen molar-refractivity contribution < 1.29 is 8.78 Å². The van der Waals surface area contributed by atoms with Crippen LogP contribution in [0.25, 0.3) is 16.6 Å². The first-order valence-corrected chi connectivity index (χ1v) is 8.13. The van der Waals surface area contributed by atoms with Gasteiger partial charge in [-0.3, -0.25) is 4.98 Å². The number of hydrogen-bond donors (Lipinski definition) is 0. The normalized spacial score (nSPS) is 17.4. The van der Waals surface area contributed by atoms with Gasteiger partial charge in [0, 0.05) is 42.5 Å². The van der Waals surface area contributed by atoms with E-state index in [1.165, 1.54) is 0 Å². The van der Waals surface area contributed by atoms with Gasteiger partial charge in [0.1, 0.15) is 0 Å². The Hall–Kier alpha value is -2.21. The molecule has 0 atom stereocenters. The van der Waals surface area contributed by atoms with Crippen molar-refractivity contribution in [2.45, 2.75) is 18.8 Å². The molecule has 0 saturated carbocycles. The molecule has 3 aromatic rings. The number of anilines is 1. The monoisotopic (exact) mass is 348 g/mol. The molecule has 1 aliphatic rings. The molecule has 3 heterocycles. The van der Waals surface area contributed by atoms with E-state index in [-0.39, 0.29) is 12.8 Å². The fourth-order valence-electron chi connectivity index (χ4n) is 3.00. The van der Waals surface area contributed by atoms with Crippen molar-refractivity contribution in [2.24, 2.45) is 0 Å². The lowest BCUT2D eigenvalue weighted by Gasteiger charge is -2.31. The van der Waals surface area contributed by atoms with Crippen molar-refractivity contribution in [3.63, 3.8) is 0 Å². The van der Waals surface area contributed by atoms with Gasteiger partial charge in [-0.05, 0) is 30.3 Å². The van der Waals surface area contributed by atoms with Crippen LogP contribution in [0.15, 0.2) is 42.7 Å². The van der Waals surface area contributed by atoms with E-state index >= 15 is 0 Å². The smallest absolute Gasteiger partial charge is 0.251 e. The predicted octanol–water partition coefficient (Wildman–Crippen LogP) is 4.31. The van der Waals surface area contributed by atoms with E-state index in [2.05, 4.69) is 10.1 Å². The van der Waals surface area contributed by atoms with Crippen LogP contribution in [-0.4, -0.2) is 33.8 Å². The van der Waals surface area contributed by atoms with Crippen LogP contribution >= 0.6 is 11.6 Å².